The number of rotatable bonds is 5. The van der Waals surface area contributed by atoms with Gasteiger partial charge in [0.25, 0.3) is 0 Å². The van der Waals surface area contributed by atoms with E-state index < -0.39 is 0 Å². The third-order valence-electron chi connectivity index (χ3n) is 1.53. The molecule has 0 amide bonds. The topological polar surface area (TPSA) is 49.8 Å². The first kappa shape index (κ1) is 9.45. The van der Waals surface area contributed by atoms with Gasteiger partial charge in [-0.3, -0.25) is 0 Å². The summed E-state index contributed by atoms with van der Waals surface area (Å²) in [4.78, 5) is 0. The highest BCUT2D eigenvalue weighted by molar-refractivity contribution is 4.77. The van der Waals surface area contributed by atoms with Gasteiger partial charge in [-0.1, -0.05) is 26.2 Å². The van der Waals surface area contributed by atoms with Crippen LogP contribution in [0.5, 0.6) is 0 Å². The van der Waals surface area contributed by atoms with Crippen LogP contribution in [0.15, 0.2) is 0 Å². The number of nitrogens with two attached hydrogens (primary N) is 1. The minimum Gasteiger partial charge on any atom is -0.327 e. The van der Waals surface area contributed by atoms with Crippen molar-refractivity contribution in [2.24, 2.45) is 5.73 Å². The lowest BCUT2D eigenvalue weighted by molar-refractivity contribution is 0.567. The molecule has 0 aliphatic rings. The minimum absolute atomic E-state index is 0.108. The van der Waals surface area contributed by atoms with Gasteiger partial charge in [-0.25, -0.2) is 0 Å². The second kappa shape index (κ2) is 6.57. The largest absolute Gasteiger partial charge is 0.327 e. The van der Waals surface area contributed by atoms with Crippen LogP contribution >= 0.6 is 0 Å². The molecule has 0 rings (SSSR count). The van der Waals surface area contributed by atoms with Gasteiger partial charge in [-0.2, -0.15) is 5.26 Å². The average molecular weight is 140 g/mol. The molecule has 1 unspecified atom stereocenters. The van der Waals surface area contributed by atoms with Crippen LogP contribution in [0.3, 0.4) is 0 Å². The SMILES string of the molecule is CCCCCC(N)CC#N. The summed E-state index contributed by atoms with van der Waals surface area (Å²) in [6.45, 7) is 2.16. The molecule has 0 heterocycles. The lowest BCUT2D eigenvalue weighted by Crippen LogP contribution is -2.18. The first-order chi connectivity index (χ1) is 4.81. The summed E-state index contributed by atoms with van der Waals surface area (Å²) in [7, 11) is 0. The van der Waals surface area contributed by atoms with Crippen molar-refractivity contribution < 1.29 is 0 Å². The highest BCUT2D eigenvalue weighted by Gasteiger charge is 1.99. The molecule has 0 spiro atoms. The second-order valence-corrected chi connectivity index (χ2v) is 2.62. The average Bonchev–Trinajstić information content (AvgIpc) is 1.89. The molecule has 0 radical (unpaired) electrons. The molecule has 0 saturated carbocycles. The Hall–Kier alpha value is -0.550. The van der Waals surface area contributed by atoms with Crippen molar-refractivity contribution >= 4 is 0 Å². The molecule has 2 nitrogen and oxygen atoms in total. The predicted octanol–water partition coefficient (Wildman–Crippen LogP) is 1.81. The Labute approximate surface area is 63.0 Å². The predicted molar refractivity (Wildman–Crippen MR) is 42.3 cm³/mol. The summed E-state index contributed by atoms with van der Waals surface area (Å²) in [6.07, 6.45) is 5.13. The van der Waals surface area contributed by atoms with Gasteiger partial charge < -0.3 is 5.73 Å². The molecule has 2 heteroatoms. The van der Waals surface area contributed by atoms with Gasteiger partial charge in [0, 0.05) is 6.04 Å². The van der Waals surface area contributed by atoms with Gasteiger partial charge in [0.2, 0.25) is 0 Å². The fourth-order valence-corrected chi connectivity index (χ4v) is 0.876. The van der Waals surface area contributed by atoms with Crippen molar-refractivity contribution in [1.82, 2.24) is 0 Å². The zero-order chi connectivity index (χ0) is 7.82. The van der Waals surface area contributed by atoms with Crippen molar-refractivity contribution in [3.63, 3.8) is 0 Å². The van der Waals surface area contributed by atoms with Crippen molar-refractivity contribution in [2.75, 3.05) is 0 Å². The molecule has 10 heavy (non-hydrogen) atoms. The molecule has 0 fully saturated rings. The van der Waals surface area contributed by atoms with Crippen LogP contribution in [0.4, 0.5) is 0 Å². The number of hydrogen-bond donors (Lipinski definition) is 1. The van der Waals surface area contributed by atoms with Crippen LogP contribution in [0.2, 0.25) is 0 Å². The Balaban J connectivity index is 3.06. The number of nitrogens with zero attached hydrogens (tertiary/aromatic N) is 1. The Kier molecular flexibility index (Phi) is 6.21. The molecular formula is C8H16N2. The van der Waals surface area contributed by atoms with Gasteiger partial charge in [0.1, 0.15) is 0 Å². The molecule has 1 atom stereocenters. The molecule has 0 aliphatic carbocycles. The fourth-order valence-electron chi connectivity index (χ4n) is 0.876. The lowest BCUT2D eigenvalue weighted by Gasteiger charge is -2.04. The van der Waals surface area contributed by atoms with Crippen LogP contribution in [-0.4, -0.2) is 6.04 Å². The van der Waals surface area contributed by atoms with Crippen molar-refractivity contribution in [1.29, 1.82) is 5.26 Å². The summed E-state index contributed by atoms with van der Waals surface area (Å²) in [5.74, 6) is 0. The molecule has 0 bridgehead atoms. The summed E-state index contributed by atoms with van der Waals surface area (Å²) < 4.78 is 0. The molecule has 0 aliphatic heterocycles. The minimum atomic E-state index is 0.108. The molecule has 58 valence electrons. The maximum Gasteiger partial charge on any atom is 0.0638 e. The maximum atomic E-state index is 8.26. The smallest absolute Gasteiger partial charge is 0.0638 e. The van der Waals surface area contributed by atoms with E-state index in [9.17, 15) is 0 Å². The Bertz CT molecular complexity index is 104. The molecule has 2 N–H and O–H groups in total. The number of unbranched alkanes of at least 4 members (excludes halogenated alkanes) is 2. The van der Waals surface area contributed by atoms with Crippen LogP contribution in [0.1, 0.15) is 39.0 Å². The van der Waals surface area contributed by atoms with Gasteiger partial charge in [-0.15, -0.1) is 0 Å². The summed E-state index contributed by atoms with van der Waals surface area (Å²) in [6, 6.07) is 2.18. The second-order valence-electron chi connectivity index (χ2n) is 2.62. The van der Waals surface area contributed by atoms with Crippen LogP contribution in [-0.2, 0) is 0 Å². The standard InChI is InChI=1S/C8H16N2/c1-2-3-4-5-8(10)6-7-9/h8H,2-6,10H2,1H3. The first-order valence-corrected chi connectivity index (χ1v) is 3.93. The zero-order valence-corrected chi connectivity index (χ0v) is 6.64. The van der Waals surface area contributed by atoms with E-state index in [4.69, 9.17) is 11.0 Å². The summed E-state index contributed by atoms with van der Waals surface area (Å²) >= 11 is 0. The number of nitriles is 1. The number of hydrogen-bond acceptors (Lipinski definition) is 2. The third kappa shape index (κ3) is 5.58. The van der Waals surface area contributed by atoms with Gasteiger partial charge in [0.15, 0.2) is 0 Å². The Morgan fingerprint density at radius 1 is 1.50 bits per heavy atom. The maximum absolute atomic E-state index is 8.26. The van der Waals surface area contributed by atoms with Crippen molar-refractivity contribution in [3.8, 4) is 6.07 Å². The zero-order valence-electron chi connectivity index (χ0n) is 6.64. The van der Waals surface area contributed by atoms with Gasteiger partial charge >= 0.3 is 0 Å². The van der Waals surface area contributed by atoms with Crippen molar-refractivity contribution in [3.05, 3.63) is 0 Å². The normalized spacial score (nSPS) is 12.5. The quantitative estimate of drug-likeness (QED) is 0.592. The summed E-state index contributed by atoms with van der Waals surface area (Å²) in [5, 5.41) is 8.26. The monoisotopic (exact) mass is 140 g/mol. The highest BCUT2D eigenvalue weighted by Crippen LogP contribution is 2.03. The van der Waals surface area contributed by atoms with Crippen LogP contribution < -0.4 is 5.73 Å². The molecular weight excluding hydrogens is 124 g/mol. The molecule has 0 saturated heterocycles. The molecule has 0 aromatic rings. The van der Waals surface area contributed by atoms with Crippen LogP contribution in [0, 0.1) is 11.3 Å². The summed E-state index contributed by atoms with van der Waals surface area (Å²) in [5.41, 5.74) is 5.60. The first-order valence-electron chi connectivity index (χ1n) is 3.93. The van der Waals surface area contributed by atoms with E-state index >= 15 is 0 Å². The molecule has 0 aromatic heterocycles. The fraction of sp³-hybridized carbons (Fsp3) is 0.875. The Morgan fingerprint density at radius 2 is 2.20 bits per heavy atom. The van der Waals surface area contributed by atoms with E-state index in [1.807, 2.05) is 0 Å². The van der Waals surface area contributed by atoms with Gasteiger partial charge in [0.05, 0.1) is 12.5 Å². The van der Waals surface area contributed by atoms with Crippen molar-refractivity contribution in [2.45, 2.75) is 45.1 Å². The van der Waals surface area contributed by atoms with Crippen LogP contribution in [0.25, 0.3) is 0 Å². The van der Waals surface area contributed by atoms with E-state index in [0.29, 0.717) is 6.42 Å². The highest BCUT2D eigenvalue weighted by atomic mass is 14.6. The van der Waals surface area contributed by atoms with E-state index in [1.54, 1.807) is 0 Å². The van der Waals surface area contributed by atoms with Gasteiger partial charge in [-0.05, 0) is 6.42 Å². The van der Waals surface area contributed by atoms with E-state index in [-0.39, 0.29) is 6.04 Å². The third-order valence-corrected chi connectivity index (χ3v) is 1.53. The Morgan fingerprint density at radius 3 is 2.70 bits per heavy atom. The molecule has 0 aromatic carbocycles. The van der Waals surface area contributed by atoms with E-state index in [2.05, 4.69) is 13.0 Å². The lowest BCUT2D eigenvalue weighted by atomic mass is 10.1. The van der Waals surface area contributed by atoms with E-state index in [1.165, 1.54) is 19.3 Å². The van der Waals surface area contributed by atoms with E-state index in [0.717, 1.165) is 6.42 Å².